The molecule has 1 fully saturated rings. The topological polar surface area (TPSA) is 28.2 Å². The summed E-state index contributed by atoms with van der Waals surface area (Å²) in [6.45, 7) is 9.06. The summed E-state index contributed by atoms with van der Waals surface area (Å²) in [4.78, 5) is 7.05. The minimum absolute atomic E-state index is 0.729. The first-order valence-corrected chi connectivity index (χ1v) is 8.03. The molecule has 1 aromatic carbocycles. The largest absolute Gasteiger partial charge is 0.370 e. The monoisotopic (exact) mass is 283 g/mol. The van der Waals surface area contributed by atoms with E-state index < -0.39 is 0 Å². The number of hydrogen-bond donors (Lipinski definition) is 1. The number of aromatic nitrogens is 1. The number of benzene rings is 1. The Hall–Kier alpha value is -1.61. The molecule has 3 rings (SSSR count). The minimum Gasteiger partial charge on any atom is -0.370 e. The molecular formula is C18H25N3. The van der Waals surface area contributed by atoms with Gasteiger partial charge in [0.1, 0.15) is 0 Å². The maximum Gasteiger partial charge on any atom is 0.0703 e. The molecular weight excluding hydrogens is 258 g/mol. The summed E-state index contributed by atoms with van der Waals surface area (Å²) in [5.41, 5.74) is 2.34. The molecule has 1 unspecified atom stereocenters. The van der Waals surface area contributed by atoms with Gasteiger partial charge in [0.25, 0.3) is 0 Å². The Morgan fingerprint density at radius 2 is 2.19 bits per heavy atom. The van der Waals surface area contributed by atoms with Gasteiger partial charge in [-0.15, -0.1) is 0 Å². The highest BCUT2D eigenvalue weighted by atomic mass is 15.2. The molecule has 112 valence electrons. The summed E-state index contributed by atoms with van der Waals surface area (Å²) in [5.74, 6) is 1.49. The van der Waals surface area contributed by atoms with Crippen LogP contribution in [0.3, 0.4) is 0 Å². The third kappa shape index (κ3) is 3.53. The van der Waals surface area contributed by atoms with Crippen molar-refractivity contribution in [2.75, 3.05) is 31.1 Å². The van der Waals surface area contributed by atoms with Gasteiger partial charge in [0, 0.05) is 18.5 Å². The van der Waals surface area contributed by atoms with E-state index in [4.69, 9.17) is 0 Å². The van der Waals surface area contributed by atoms with Gasteiger partial charge < -0.3 is 10.2 Å². The normalized spacial score (nSPS) is 18.8. The Morgan fingerprint density at radius 3 is 3.05 bits per heavy atom. The molecule has 0 saturated carbocycles. The van der Waals surface area contributed by atoms with Crippen molar-refractivity contribution in [3.05, 3.63) is 36.5 Å². The molecule has 2 aromatic rings. The van der Waals surface area contributed by atoms with Crippen LogP contribution >= 0.6 is 0 Å². The lowest BCUT2D eigenvalue weighted by Crippen LogP contribution is -2.28. The van der Waals surface area contributed by atoms with Crippen LogP contribution < -0.4 is 10.2 Å². The molecule has 3 nitrogen and oxygen atoms in total. The Labute approximate surface area is 127 Å². The van der Waals surface area contributed by atoms with E-state index in [1.807, 2.05) is 12.3 Å². The van der Waals surface area contributed by atoms with Gasteiger partial charge in [-0.2, -0.15) is 0 Å². The average molecular weight is 283 g/mol. The summed E-state index contributed by atoms with van der Waals surface area (Å²) >= 11 is 0. The van der Waals surface area contributed by atoms with Crippen LogP contribution in [0.4, 0.5) is 5.69 Å². The van der Waals surface area contributed by atoms with Crippen molar-refractivity contribution in [2.24, 2.45) is 11.8 Å². The molecule has 1 aliphatic rings. The van der Waals surface area contributed by atoms with E-state index in [-0.39, 0.29) is 0 Å². The number of para-hydroxylation sites is 1. The van der Waals surface area contributed by atoms with Gasteiger partial charge in [0.2, 0.25) is 0 Å². The second-order valence-electron chi connectivity index (χ2n) is 6.54. The fourth-order valence-corrected chi connectivity index (χ4v) is 3.04. The second-order valence-corrected chi connectivity index (χ2v) is 6.54. The van der Waals surface area contributed by atoms with Gasteiger partial charge in [0.15, 0.2) is 0 Å². The molecule has 0 aliphatic carbocycles. The van der Waals surface area contributed by atoms with Crippen molar-refractivity contribution >= 4 is 16.6 Å². The van der Waals surface area contributed by atoms with Gasteiger partial charge in [-0.3, -0.25) is 4.98 Å². The summed E-state index contributed by atoms with van der Waals surface area (Å²) in [5, 5.41) is 4.82. The zero-order chi connectivity index (χ0) is 14.7. The molecule has 1 aromatic heterocycles. The predicted octanol–water partition coefficient (Wildman–Crippen LogP) is 3.31. The number of pyridine rings is 1. The fourth-order valence-electron chi connectivity index (χ4n) is 3.04. The number of nitrogens with zero attached hydrogens (tertiary/aromatic N) is 2. The van der Waals surface area contributed by atoms with Crippen LogP contribution in [-0.2, 0) is 0 Å². The first-order valence-electron chi connectivity index (χ1n) is 8.03. The SMILES string of the molecule is CC(C)CNCC1CCN(c2cnc3ccccc3c2)C1. The van der Waals surface area contributed by atoms with E-state index in [9.17, 15) is 0 Å². The molecule has 0 amide bonds. The maximum atomic E-state index is 4.58. The third-order valence-corrected chi connectivity index (χ3v) is 4.21. The lowest BCUT2D eigenvalue weighted by Gasteiger charge is -2.19. The van der Waals surface area contributed by atoms with Gasteiger partial charge in [-0.1, -0.05) is 32.0 Å². The lowest BCUT2D eigenvalue weighted by molar-refractivity contribution is 0.477. The maximum absolute atomic E-state index is 4.58. The van der Waals surface area contributed by atoms with Crippen LogP contribution in [0.1, 0.15) is 20.3 Å². The van der Waals surface area contributed by atoms with Crippen LogP contribution in [0.2, 0.25) is 0 Å². The zero-order valence-corrected chi connectivity index (χ0v) is 13.0. The lowest BCUT2D eigenvalue weighted by atomic mass is 10.1. The fraction of sp³-hybridized carbons (Fsp3) is 0.500. The molecule has 0 radical (unpaired) electrons. The van der Waals surface area contributed by atoms with Gasteiger partial charge in [-0.05, 0) is 43.5 Å². The molecule has 0 bridgehead atoms. The Bertz CT molecular complexity index is 594. The quantitative estimate of drug-likeness (QED) is 0.912. The molecule has 1 N–H and O–H groups in total. The number of hydrogen-bond acceptors (Lipinski definition) is 3. The van der Waals surface area contributed by atoms with Crippen molar-refractivity contribution in [2.45, 2.75) is 20.3 Å². The smallest absolute Gasteiger partial charge is 0.0703 e. The minimum atomic E-state index is 0.729. The first kappa shape index (κ1) is 14.3. The average Bonchev–Trinajstić information content (AvgIpc) is 2.95. The van der Waals surface area contributed by atoms with Crippen LogP contribution in [0.25, 0.3) is 10.9 Å². The van der Waals surface area contributed by atoms with Crippen LogP contribution in [-0.4, -0.2) is 31.2 Å². The van der Waals surface area contributed by atoms with E-state index in [0.29, 0.717) is 0 Å². The summed E-state index contributed by atoms with van der Waals surface area (Å²) in [6, 6.07) is 10.6. The van der Waals surface area contributed by atoms with Crippen molar-refractivity contribution in [1.82, 2.24) is 10.3 Å². The second kappa shape index (κ2) is 6.44. The zero-order valence-electron chi connectivity index (χ0n) is 13.0. The van der Waals surface area contributed by atoms with E-state index >= 15 is 0 Å². The number of rotatable bonds is 5. The van der Waals surface area contributed by atoms with Gasteiger partial charge >= 0.3 is 0 Å². The molecule has 1 atom stereocenters. The third-order valence-electron chi connectivity index (χ3n) is 4.21. The Kier molecular flexibility index (Phi) is 4.39. The van der Waals surface area contributed by atoms with E-state index in [1.165, 1.54) is 17.5 Å². The van der Waals surface area contributed by atoms with Gasteiger partial charge in [0.05, 0.1) is 17.4 Å². The van der Waals surface area contributed by atoms with Crippen LogP contribution in [0, 0.1) is 11.8 Å². The van der Waals surface area contributed by atoms with Crippen molar-refractivity contribution in [3.63, 3.8) is 0 Å². The highest BCUT2D eigenvalue weighted by Gasteiger charge is 2.22. The highest BCUT2D eigenvalue weighted by molar-refractivity contribution is 5.81. The first-order chi connectivity index (χ1) is 10.2. The molecule has 2 heterocycles. The van der Waals surface area contributed by atoms with E-state index in [1.54, 1.807) is 0 Å². The Morgan fingerprint density at radius 1 is 1.33 bits per heavy atom. The number of fused-ring (bicyclic) bond motifs is 1. The van der Waals surface area contributed by atoms with Crippen LogP contribution in [0.5, 0.6) is 0 Å². The molecule has 21 heavy (non-hydrogen) atoms. The van der Waals surface area contributed by atoms with Gasteiger partial charge in [-0.25, -0.2) is 0 Å². The summed E-state index contributed by atoms with van der Waals surface area (Å²) in [7, 11) is 0. The molecule has 3 heteroatoms. The van der Waals surface area contributed by atoms with Crippen molar-refractivity contribution in [1.29, 1.82) is 0 Å². The van der Waals surface area contributed by atoms with E-state index in [2.05, 4.69) is 53.3 Å². The van der Waals surface area contributed by atoms with Crippen LogP contribution in [0.15, 0.2) is 36.5 Å². The number of anilines is 1. The molecule has 1 saturated heterocycles. The van der Waals surface area contributed by atoms with Crippen molar-refractivity contribution < 1.29 is 0 Å². The summed E-state index contributed by atoms with van der Waals surface area (Å²) in [6.07, 6.45) is 3.30. The summed E-state index contributed by atoms with van der Waals surface area (Å²) < 4.78 is 0. The predicted molar refractivity (Wildman–Crippen MR) is 89.8 cm³/mol. The van der Waals surface area contributed by atoms with Crippen molar-refractivity contribution in [3.8, 4) is 0 Å². The Balaban J connectivity index is 1.62. The highest BCUT2D eigenvalue weighted by Crippen LogP contribution is 2.25. The molecule has 1 aliphatic heterocycles. The van der Waals surface area contributed by atoms with E-state index in [0.717, 1.165) is 43.5 Å². The standard InChI is InChI=1S/C18H25N3/c1-14(2)10-19-11-15-7-8-21(13-15)17-9-16-5-3-4-6-18(16)20-12-17/h3-6,9,12,14-15,19H,7-8,10-11,13H2,1-2H3. The number of nitrogens with one attached hydrogen (secondary N) is 1. The molecule has 0 spiro atoms.